The number of primary amides is 2. The third kappa shape index (κ3) is 5.68. The predicted octanol–water partition coefficient (Wildman–Crippen LogP) is -0.968. The van der Waals surface area contributed by atoms with Gasteiger partial charge in [0.25, 0.3) is 0 Å². The Labute approximate surface area is 104 Å². The van der Waals surface area contributed by atoms with Crippen LogP contribution in [0.1, 0.15) is 11.1 Å². The highest BCUT2D eigenvalue weighted by atomic mass is 16.2. The quantitative estimate of drug-likeness (QED) is 0.363. The summed E-state index contributed by atoms with van der Waals surface area (Å²) in [7, 11) is 0. The average Bonchev–Trinajstić information content (AvgIpc) is 2.28. The van der Waals surface area contributed by atoms with Crippen LogP contribution in [0.2, 0.25) is 0 Å². The molecule has 8 nitrogen and oxygen atoms in total. The van der Waals surface area contributed by atoms with Gasteiger partial charge in [-0.15, -0.1) is 0 Å². The summed E-state index contributed by atoms with van der Waals surface area (Å²) in [4.78, 5) is 20.9. The van der Waals surface area contributed by atoms with Crippen molar-refractivity contribution in [2.45, 2.75) is 13.1 Å². The normalized spacial score (nSPS) is 9.78. The number of urea groups is 2. The van der Waals surface area contributed by atoms with Crippen molar-refractivity contribution in [2.24, 2.45) is 11.5 Å². The molecule has 8 heteroatoms. The van der Waals surface area contributed by atoms with Crippen molar-refractivity contribution in [3.8, 4) is 0 Å². The van der Waals surface area contributed by atoms with Gasteiger partial charge in [0.2, 0.25) is 0 Å². The lowest BCUT2D eigenvalue weighted by atomic mass is 10.1. The Kier molecular flexibility index (Phi) is 5.42. The molecule has 1 rings (SSSR count). The number of nitrogens with one attached hydrogen (secondary N) is 4. The second kappa shape index (κ2) is 7.09. The molecule has 1 aromatic carbocycles. The van der Waals surface area contributed by atoms with E-state index < -0.39 is 12.1 Å². The Balaban J connectivity index is 2.41. The summed E-state index contributed by atoms with van der Waals surface area (Å²) in [6.07, 6.45) is 0. The molecule has 0 atom stereocenters. The average molecular weight is 252 g/mol. The minimum atomic E-state index is -0.640. The van der Waals surface area contributed by atoms with Gasteiger partial charge in [-0.05, 0) is 11.1 Å². The van der Waals surface area contributed by atoms with Gasteiger partial charge >= 0.3 is 12.1 Å². The summed E-state index contributed by atoms with van der Waals surface area (Å²) in [6.45, 7) is 0.889. The zero-order valence-electron chi connectivity index (χ0n) is 9.69. The Morgan fingerprint density at radius 3 is 1.78 bits per heavy atom. The molecule has 0 bridgehead atoms. The molecule has 0 aromatic heterocycles. The van der Waals surface area contributed by atoms with E-state index >= 15 is 0 Å². The number of hydrazine groups is 2. The summed E-state index contributed by atoms with van der Waals surface area (Å²) in [6, 6.07) is 6.27. The number of hydrogen-bond acceptors (Lipinski definition) is 4. The summed E-state index contributed by atoms with van der Waals surface area (Å²) in [5, 5.41) is 0. The van der Waals surface area contributed by atoms with Crippen molar-refractivity contribution in [3.63, 3.8) is 0 Å². The molecule has 0 aliphatic carbocycles. The van der Waals surface area contributed by atoms with Crippen molar-refractivity contribution in [1.82, 2.24) is 21.7 Å². The van der Waals surface area contributed by atoms with Crippen LogP contribution >= 0.6 is 0 Å². The minimum absolute atomic E-state index is 0.444. The molecule has 0 spiro atoms. The maximum Gasteiger partial charge on any atom is 0.326 e. The van der Waals surface area contributed by atoms with Crippen LogP contribution in [0, 0.1) is 0 Å². The van der Waals surface area contributed by atoms with E-state index in [2.05, 4.69) is 21.7 Å². The molecule has 0 fully saturated rings. The zero-order valence-corrected chi connectivity index (χ0v) is 9.69. The third-order valence-electron chi connectivity index (χ3n) is 2.00. The van der Waals surface area contributed by atoms with Crippen molar-refractivity contribution >= 4 is 12.1 Å². The first-order valence-corrected chi connectivity index (χ1v) is 5.22. The first-order chi connectivity index (χ1) is 8.58. The van der Waals surface area contributed by atoms with E-state index in [4.69, 9.17) is 11.5 Å². The number of rotatable bonds is 6. The highest BCUT2D eigenvalue weighted by Gasteiger charge is 1.97. The maximum absolute atomic E-state index is 10.4. The molecule has 1 aromatic rings. The van der Waals surface area contributed by atoms with Crippen LogP contribution in [0.4, 0.5) is 9.59 Å². The van der Waals surface area contributed by atoms with E-state index in [1.165, 1.54) is 0 Å². The fraction of sp³-hybridized carbons (Fsp3) is 0.200. The molecule has 0 heterocycles. The van der Waals surface area contributed by atoms with Crippen molar-refractivity contribution in [3.05, 3.63) is 35.4 Å². The standard InChI is InChI=1S/C10H16N6O2/c11-9(17)15-13-5-7-2-1-3-8(4-7)6-14-16-10(12)18/h1-4,13-14H,5-6H2,(H3,11,15,17)(H3,12,16,18). The topological polar surface area (TPSA) is 134 Å². The van der Waals surface area contributed by atoms with Crippen LogP contribution in [-0.2, 0) is 13.1 Å². The van der Waals surface area contributed by atoms with Gasteiger partial charge in [0.05, 0.1) is 0 Å². The first-order valence-electron chi connectivity index (χ1n) is 5.22. The molecule has 0 aliphatic rings. The molecule has 0 aliphatic heterocycles. The minimum Gasteiger partial charge on any atom is -0.351 e. The summed E-state index contributed by atoms with van der Waals surface area (Å²) in [5.41, 5.74) is 21.6. The third-order valence-corrected chi connectivity index (χ3v) is 2.00. The number of hydrogen-bond donors (Lipinski definition) is 6. The second-order valence-corrected chi connectivity index (χ2v) is 3.51. The summed E-state index contributed by atoms with van der Waals surface area (Å²) >= 11 is 0. The Morgan fingerprint density at radius 2 is 1.39 bits per heavy atom. The van der Waals surface area contributed by atoms with Gasteiger partial charge in [0.15, 0.2) is 0 Å². The molecule has 0 radical (unpaired) electrons. The highest BCUT2D eigenvalue weighted by Crippen LogP contribution is 2.04. The Hall–Kier alpha value is -2.32. The van der Waals surface area contributed by atoms with E-state index in [1.807, 2.05) is 24.3 Å². The molecule has 0 saturated carbocycles. The van der Waals surface area contributed by atoms with E-state index in [1.54, 1.807) is 0 Å². The molecule has 18 heavy (non-hydrogen) atoms. The number of benzene rings is 1. The van der Waals surface area contributed by atoms with Gasteiger partial charge in [-0.25, -0.2) is 20.4 Å². The van der Waals surface area contributed by atoms with E-state index in [9.17, 15) is 9.59 Å². The molecule has 0 unspecified atom stereocenters. The lowest BCUT2D eigenvalue weighted by Gasteiger charge is -2.08. The van der Waals surface area contributed by atoms with Crippen LogP contribution in [0.3, 0.4) is 0 Å². The van der Waals surface area contributed by atoms with Gasteiger partial charge in [-0.1, -0.05) is 24.3 Å². The molecule has 98 valence electrons. The van der Waals surface area contributed by atoms with Crippen LogP contribution in [0.25, 0.3) is 0 Å². The number of carbonyl (C=O) groups is 2. The largest absolute Gasteiger partial charge is 0.351 e. The monoisotopic (exact) mass is 252 g/mol. The molecular formula is C10H16N6O2. The Morgan fingerprint density at radius 1 is 0.944 bits per heavy atom. The lowest BCUT2D eigenvalue weighted by Crippen LogP contribution is -2.40. The van der Waals surface area contributed by atoms with Crippen LogP contribution in [0.15, 0.2) is 24.3 Å². The number of nitrogens with two attached hydrogens (primary N) is 2. The van der Waals surface area contributed by atoms with Crippen molar-refractivity contribution < 1.29 is 9.59 Å². The molecule has 8 N–H and O–H groups in total. The highest BCUT2D eigenvalue weighted by molar-refractivity contribution is 5.71. The SMILES string of the molecule is NC(=O)NNCc1cccc(CNNC(N)=O)c1. The van der Waals surface area contributed by atoms with Gasteiger partial charge in [0, 0.05) is 13.1 Å². The van der Waals surface area contributed by atoms with E-state index in [0.717, 1.165) is 11.1 Å². The molecule has 4 amide bonds. The van der Waals surface area contributed by atoms with Gasteiger partial charge in [-0.3, -0.25) is 10.9 Å². The first kappa shape index (κ1) is 13.7. The van der Waals surface area contributed by atoms with Gasteiger partial charge in [0.1, 0.15) is 0 Å². The predicted molar refractivity (Wildman–Crippen MR) is 65.6 cm³/mol. The summed E-state index contributed by atoms with van der Waals surface area (Å²) < 4.78 is 0. The fourth-order valence-corrected chi connectivity index (χ4v) is 1.32. The number of carbonyl (C=O) groups excluding carboxylic acids is 2. The van der Waals surface area contributed by atoms with Crippen LogP contribution in [-0.4, -0.2) is 12.1 Å². The van der Waals surface area contributed by atoms with Crippen LogP contribution in [0.5, 0.6) is 0 Å². The van der Waals surface area contributed by atoms with Crippen LogP contribution < -0.4 is 33.2 Å². The lowest BCUT2D eigenvalue weighted by molar-refractivity contribution is 0.243. The van der Waals surface area contributed by atoms with Gasteiger partial charge in [-0.2, -0.15) is 0 Å². The fourth-order valence-electron chi connectivity index (χ4n) is 1.32. The Bertz CT molecular complexity index is 387. The maximum atomic E-state index is 10.4. The summed E-state index contributed by atoms with van der Waals surface area (Å²) in [5.74, 6) is 0. The van der Waals surface area contributed by atoms with E-state index in [0.29, 0.717) is 13.1 Å². The smallest absolute Gasteiger partial charge is 0.326 e. The zero-order chi connectivity index (χ0) is 13.4. The van der Waals surface area contributed by atoms with Crippen molar-refractivity contribution in [2.75, 3.05) is 0 Å². The second-order valence-electron chi connectivity index (χ2n) is 3.51. The van der Waals surface area contributed by atoms with E-state index in [-0.39, 0.29) is 0 Å². The van der Waals surface area contributed by atoms with Gasteiger partial charge < -0.3 is 11.5 Å². The molecular weight excluding hydrogens is 236 g/mol. The number of amides is 4. The van der Waals surface area contributed by atoms with Crippen molar-refractivity contribution in [1.29, 1.82) is 0 Å². The molecule has 0 saturated heterocycles.